The smallest absolute Gasteiger partial charge is 0.127 e. The number of para-hydroxylation sites is 1. The Kier molecular flexibility index (Phi) is 4.34. The molecule has 2 heteroatoms. The summed E-state index contributed by atoms with van der Waals surface area (Å²) in [6.07, 6.45) is 5.33. The number of rotatable bonds is 4. The second-order valence-electron chi connectivity index (χ2n) is 6.59. The molecule has 3 aromatic rings. The molecule has 3 aromatic carbocycles. The molecule has 25 heavy (non-hydrogen) atoms. The number of phenols is 1. The summed E-state index contributed by atoms with van der Waals surface area (Å²) in [7, 11) is 0. The minimum atomic E-state index is 0.379. The maximum atomic E-state index is 10.8. The first-order valence-corrected chi connectivity index (χ1v) is 8.83. The SMILES string of the molecule is Oc1c(C=Nc2ccccc2)cc(-c2ccccc2)cc1C1CCC1. The Labute approximate surface area is 148 Å². The van der Waals surface area contributed by atoms with Crippen LogP contribution < -0.4 is 0 Å². The second kappa shape index (κ2) is 6.94. The van der Waals surface area contributed by atoms with Crippen molar-refractivity contribution in [1.29, 1.82) is 0 Å². The van der Waals surface area contributed by atoms with E-state index in [2.05, 4.69) is 23.2 Å². The van der Waals surface area contributed by atoms with Crippen LogP contribution in [-0.2, 0) is 0 Å². The van der Waals surface area contributed by atoms with Gasteiger partial charge in [-0.05, 0) is 59.7 Å². The first-order valence-electron chi connectivity index (χ1n) is 8.83. The predicted molar refractivity (Wildman–Crippen MR) is 104 cm³/mol. The molecule has 0 saturated heterocycles. The third-order valence-electron chi connectivity index (χ3n) is 4.93. The number of aliphatic imine (C=N–C) groups is 1. The van der Waals surface area contributed by atoms with Gasteiger partial charge in [0.25, 0.3) is 0 Å². The maximum Gasteiger partial charge on any atom is 0.127 e. The summed E-state index contributed by atoms with van der Waals surface area (Å²) in [5, 5.41) is 10.8. The van der Waals surface area contributed by atoms with Crippen LogP contribution in [0.4, 0.5) is 5.69 Å². The monoisotopic (exact) mass is 327 g/mol. The highest BCUT2D eigenvalue weighted by Gasteiger charge is 2.24. The zero-order valence-corrected chi connectivity index (χ0v) is 14.1. The lowest BCUT2D eigenvalue weighted by molar-refractivity contribution is 0.393. The van der Waals surface area contributed by atoms with Crippen LogP contribution in [0.15, 0.2) is 77.8 Å². The lowest BCUT2D eigenvalue weighted by Crippen LogP contribution is -2.09. The van der Waals surface area contributed by atoms with Crippen molar-refractivity contribution in [2.45, 2.75) is 25.2 Å². The van der Waals surface area contributed by atoms with E-state index >= 15 is 0 Å². The zero-order valence-electron chi connectivity index (χ0n) is 14.1. The molecule has 1 fully saturated rings. The highest BCUT2D eigenvalue weighted by atomic mass is 16.3. The minimum Gasteiger partial charge on any atom is -0.507 e. The highest BCUT2D eigenvalue weighted by Crippen LogP contribution is 2.43. The number of nitrogens with zero attached hydrogens (tertiary/aromatic N) is 1. The quantitative estimate of drug-likeness (QED) is 0.579. The molecule has 4 rings (SSSR count). The van der Waals surface area contributed by atoms with Crippen LogP contribution in [0.5, 0.6) is 5.75 Å². The summed E-state index contributed by atoms with van der Waals surface area (Å²) in [6, 6.07) is 24.3. The van der Waals surface area contributed by atoms with Gasteiger partial charge in [0.15, 0.2) is 0 Å². The number of phenolic OH excluding ortho intramolecular Hbond substituents is 1. The number of hydrogen-bond donors (Lipinski definition) is 1. The van der Waals surface area contributed by atoms with Crippen molar-refractivity contribution in [3.8, 4) is 16.9 Å². The first kappa shape index (κ1) is 15.6. The Morgan fingerprint density at radius 3 is 2.16 bits per heavy atom. The van der Waals surface area contributed by atoms with Crippen LogP contribution in [0, 0.1) is 0 Å². The van der Waals surface area contributed by atoms with E-state index in [9.17, 15) is 5.11 Å². The predicted octanol–water partition coefficient (Wildman–Crippen LogP) is 6.08. The van der Waals surface area contributed by atoms with Gasteiger partial charge in [0.05, 0.1) is 5.69 Å². The third-order valence-corrected chi connectivity index (χ3v) is 4.93. The van der Waals surface area contributed by atoms with Crippen molar-refractivity contribution in [1.82, 2.24) is 0 Å². The molecule has 124 valence electrons. The van der Waals surface area contributed by atoms with Gasteiger partial charge in [0.2, 0.25) is 0 Å². The fraction of sp³-hybridized carbons (Fsp3) is 0.174. The van der Waals surface area contributed by atoms with E-state index in [-0.39, 0.29) is 0 Å². The fourth-order valence-corrected chi connectivity index (χ4v) is 3.26. The van der Waals surface area contributed by atoms with E-state index < -0.39 is 0 Å². The topological polar surface area (TPSA) is 32.6 Å². The highest BCUT2D eigenvalue weighted by molar-refractivity contribution is 5.89. The fourth-order valence-electron chi connectivity index (χ4n) is 3.26. The molecular weight excluding hydrogens is 306 g/mol. The molecule has 0 spiro atoms. The Morgan fingerprint density at radius 1 is 0.840 bits per heavy atom. The summed E-state index contributed by atoms with van der Waals surface area (Å²) in [6.45, 7) is 0. The molecular formula is C23H21NO. The minimum absolute atomic E-state index is 0.379. The standard InChI is InChI=1S/C23H21NO/c25-23-20(16-24-21-12-5-2-6-13-21)14-19(17-8-3-1-4-9-17)15-22(23)18-10-7-11-18/h1-6,8-9,12-16,18,25H,7,10-11H2. The van der Waals surface area contributed by atoms with Crippen molar-refractivity contribution in [3.63, 3.8) is 0 Å². The first-order chi connectivity index (χ1) is 12.3. The molecule has 1 N–H and O–H groups in total. The largest absolute Gasteiger partial charge is 0.507 e. The number of aromatic hydroxyl groups is 1. The van der Waals surface area contributed by atoms with Crippen LogP contribution in [-0.4, -0.2) is 11.3 Å². The summed E-state index contributed by atoms with van der Waals surface area (Å²) in [4.78, 5) is 4.53. The van der Waals surface area contributed by atoms with Gasteiger partial charge in [-0.2, -0.15) is 0 Å². The lowest BCUT2D eigenvalue weighted by atomic mass is 9.78. The van der Waals surface area contributed by atoms with Gasteiger partial charge in [-0.15, -0.1) is 0 Å². The summed E-state index contributed by atoms with van der Waals surface area (Å²) in [5.41, 5.74) is 5.03. The van der Waals surface area contributed by atoms with Gasteiger partial charge in [0, 0.05) is 11.8 Å². The molecule has 0 radical (unpaired) electrons. The molecule has 0 amide bonds. The summed E-state index contributed by atoms with van der Waals surface area (Å²) in [5.74, 6) is 0.844. The number of benzene rings is 3. The third kappa shape index (κ3) is 3.34. The average Bonchev–Trinajstić information content (AvgIpc) is 2.62. The van der Waals surface area contributed by atoms with Crippen molar-refractivity contribution >= 4 is 11.9 Å². The molecule has 0 unspecified atom stereocenters. The van der Waals surface area contributed by atoms with Gasteiger partial charge >= 0.3 is 0 Å². The van der Waals surface area contributed by atoms with Gasteiger partial charge in [-0.25, -0.2) is 0 Å². The Balaban J connectivity index is 1.78. The maximum absolute atomic E-state index is 10.8. The van der Waals surface area contributed by atoms with Crippen LogP contribution in [0.3, 0.4) is 0 Å². The van der Waals surface area contributed by atoms with E-state index in [1.165, 1.54) is 6.42 Å². The van der Waals surface area contributed by atoms with Crippen molar-refractivity contribution in [2.24, 2.45) is 4.99 Å². The van der Waals surface area contributed by atoms with E-state index in [1.54, 1.807) is 6.21 Å². The molecule has 0 bridgehead atoms. The van der Waals surface area contributed by atoms with E-state index in [0.717, 1.165) is 40.8 Å². The van der Waals surface area contributed by atoms with Crippen LogP contribution in [0.1, 0.15) is 36.3 Å². The molecule has 2 nitrogen and oxygen atoms in total. The van der Waals surface area contributed by atoms with Crippen LogP contribution >= 0.6 is 0 Å². The van der Waals surface area contributed by atoms with Crippen LogP contribution in [0.2, 0.25) is 0 Å². The van der Waals surface area contributed by atoms with Gasteiger partial charge < -0.3 is 5.11 Å². The van der Waals surface area contributed by atoms with Gasteiger partial charge in [-0.3, -0.25) is 4.99 Å². The second-order valence-corrected chi connectivity index (χ2v) is 6.59. The lowest BCUT2D eigenvalue weighted by Gasteiger charge is -2.27. The van der Waals surface area contributed by atoms with E-state index in [4.69, 9.17) is 0 Å². The Morgan fingerprint density at radius 2 is 1.52 bits per heavy atom. The summed E-state index contributed by atoms with van der Waals surface area (Å²) < 4.78 is 0. The van der Waals surface area contributed by atoms with Crippen molar-refractivity contribution < 1.29 is 5.11 Å². The van der Waals surface area contributed by atoms with Crippen LogP contribution in [0.25, 0.3) is 11.1 Å². The molecule has 1 saturated carbocycles. The van der Waals surface area contributed by atoms with Gasteiger partial charge in [-0.1, -0.05) is 55.0 Å². The summed E-state index contributed by atoms with van der Waals surface area (Å²) >= 11 is 0. The molecule has 0 aromatic heterocycles. The Bertz CT molecular complexity index is 881. The Hall–Kier alpha value is -2.87. The molecule has 1 aliphatic rings. The zero-order chi connectivity index (χ0) is 17.1. The van der Waals surface area contributed by atoms with E-state index in [0.29, 0.717) is 11.7 Å². The molecule has 1 aliphatic carbocycles. The average molecular weight is 327 g/mol. The molecule has 0 atom stereocenters. The molecule has 0 aliphatic heterocycles. The number of hydrogen-bond acceptors (Lipinski definition) is 2. The normalized spacial score (nSPS) is 14.6. The van der Waals surface area contributed by atoms with Crippen molar-refractivity contribution in [3.05, 3.63) is 83.9 Å². The molecule has 0 heterocycles. The van der Waals surface area contributed by atoms with Crippen molar-refractivity contribution in [2.75, 3.05) is 0 Å². The van der Waals surface area contributed by atoms with E-state index in [1.807, 2.05) is 54.6 Å². The van der Waals surface area contributed by atoms with Gasteiger partial charge in [0.1, 0.15) is 5.75 Å².